The predicted molar refractivity (Wildman–Crippen MR) is 71.3 cm³/mol. The Kier molecular flexibility index (Phi) is 3.81. The average Bonchev–Trinajstić information content (AvgIpc) is 2.83. The molecule has 17 heavy (non-hydrogen) atoms. The minimum Gasteiger partial charge on any atom is -0.383 e. The van der Waals surface area contributed by atoms with Crippen molar-refractivity contribution in [2.45, 2.75) is 39.2 Å². The summed E-state index contributed by atoms with van der Waals surface area (Å²) in [7, 11) is 1.79. The van der Waals surface area contributed by atoms with Gasteiger partial charge in [0.2, 0.25) is 0 Å². The molecule has 2 rings (SSSR count). The van der Waals surface area contributed by atoms with Gasteiger partial charge in [0.15, 0.2) is 0 Å². The maximum absolute atomic E-state index is 5.18. The summed E-state index contributed by atoms with van der Waals surface area (Å²) in [5, 5.41) is 0. The molecular weight excluding hydrogens is 212 g/mol. The monoisotopic (exact) mass is 240 g/mol. The Labute approximate surface area is 106 Å². The number of hydrogen-bond donors (Lipinski definition) is 0. The summed E-state index contributed by atoms with van der Waals surface area (Å²) in [5.41, 5.74) is 0.921. The van der Waals surface area contributed by atoms with Gasteiger partial charge in [-0.1, -0.05) is 0 Å². The SMILES string of the molecule is COCCN1CCC2(CCN(C(C)(C)C)C2)C1. The minimum absolute atomic E-state index is 0.337. The zero-order valence-electron chi connectivity index (χ0n) is 12.0. The average molecular weight is 240 g/mol. The Hall–Kier alpha value is -0.120. The van der Waals surface area contributed by atoms with Gasteiger partial charge >= 0.3 is 0 Å². The maximum atomic E-state index is 5.18. The van der Waals surface area contributed by atoms with Gasteiger partial charge in [-0.3, -0.25) is 4.90 Å². The molecule has 1 spiro atoms. The summed E-state index contributed by atoms with van der Waals surface area (Å²) in [6, 6.07) is 0. The topological polar surface area (TPSA) is 15.7 Å². The third kappa shape index (κ3) is 3.01. The van der Waals surface area contributed by atoms with Crippen molar-refractivity contribution >= 4 is 0 Å². The molecule has 0 aliphatic carbocycles. The Bertz CT molecular complexity index is 261. The number of ether oxygens (including phenoxy) is 1. The highest BCUT2D eigenvalue weighted by Crippen LogP contribution is 2.41. The minimum atomic E-state index is 0.337. The highest BCUT2D eigenvalue weighted by Gasteiger charge is 2.45. The fourth-order valence-electron chi connectivity index (χ4n) is 3.28. The maximum Gasteiger partial charge on any atom is 0.0589 e. The van der Waals surface area contributed by atoms with E-state index in [0.717, 1.165) is 13.2 Å². The van der Waals surface area contributed by atoms with Crippen molar-refractivity contribution in [1.82, 2.24) is 9.80 Å². The number of rotatable bonds is 3. The number of nitrogens with zero attached hydrogens (tertiary/aromatic N) is 2. The normalized spacial score (nSPS) is 31.8. The molecule has 2 saturated heterocycles. The van der Waals surface area contributed by atoms with Gasteiger partial charge in [0.05, 0.1) is 6.61 Å². The first kappa shape index (κ1) is 13.3. The van der Waals surface area contributed by atoms with Crippen LogP contribution in [0.4, 0.5) is 0 Å². The summed E-state index contributed by atoms with van der Waals surface area (Å²) in [6.45, 7) is 14.1. The molecule has 0 aromatic carbocycles. The molecule has 2 aliphatic rings. The lowest BCUT2D eigenvalue weighted by molar-refractivity contribution is 0.137. The number of methoxy groups -OCH3 is 1. The van der Waals surface area contributed by atoms with Crippen molar-refractivity contribution < 1.29 is 4.74 Å². The van der Waals surface area contributed by atoms with E-state index >= 15 is 0 Å². The largest absolute Gasteiger partial charge is 0.383 e. The molecule has 0 aromatic rings. The number of likely N-dealkylation sites (tertiary alicyclic amines) is 2. The first-order valence-electron chi connectivity index (χ1n) is 6.92. The Balaban J connectivity index is 1.87. The van der Waals surface area contributed by atoms with Crippen molar-refractivity contribution in [3.8, 4) is 0 Å². The van der Waals surface area contributed by atoms with Gasteiger partial charge in [-0.2, -0.15) is 0 Å². The van der Waals surface area contributed by atoms with E-state index in [-0.39, 0.29) is 0 Å². The zero-order chi connectivity index (χ0) is 12.5. The summed E-state index contributed by atoms with van der Waals surface area (Å²) in [4.78, 5) is 5.24. The van der Waals surface area contributed by atoms with E-state index in [9.17, 15) is 0 Å². The van der Waals surface area contributed by atoms with Crippen LogP contribution in [-0.4, -0.2) is 61.8 Å². The number of hydrogen-bond acceptors (Lipinski definition) is 3. The molecule has 0 saturated carbocycles. The smallest absolute Gasteiger partial charge is 0.0589 e. The molecule has 1 unspecified atom stereocenters. The molecule has 3 heteroatoms. The molecule has 1 atom stereocenters. The van der Waals surface area contributed by atoms with Gasteiger partial charge in [-0.25, -0.2) is 0 Å². The second kappa shape index (κ2) is 4.87. The van der Waals surface area contributed by atoms with Gasteiger partial charge in [-0.05, 0) is 52.1 Å². The summed E-state index contributed by atoms with van der Waals surface area (Å²) in [6.07, 6.45) is 2.76. The van der Waals surface area contributed by atoms with Crippen molar-refractivity contribution in [3.05, 3.63) is 0 Å². The second-order valence-corrected chi connectivity index (χ2v) is 6.86. The van der Waals surface area contributed by atoms with Gasteiger partial charge in [0, 0.05) is 32.3 Å². The molecule has 0 N–H and O–H groups in total. The van der Waals surface area contributed by atoms with Crippen LogP contribution < -0.4 is 0 Å². The first-order valence-corrected chi connectivity index (χ1v) is 6.92. The molecule has 2 aliphatic heterocycles. The van der Waals surface area contributed by atoms with Crippen LogP contribution >= 0.6 is 0 Å². The highest BCUT2D eigenvalue weighted by molar-refractivity contribution is 4.99. The summed E-state index contributed by atoms with van der Waals surface area (Å²) >= 11 is 0. The zero-order valence-corrected chi connectivity index (χ0v) is 12.0. The van der Waals surface area contributed by atoms with Crippen LogP contribution in [0.1, 0.15) is 33.6 Å². The molecule has 3 nitrogen and oxygen atoms in total. The van der Waals surface area contributed by atoms with E-state index in [2.05, 4.69) is 30.6 Å². The summed E-state index contributed by atoms with van der Waals surface area (Å²) < 4.78 is 5.18. The van der Waals surface area contributed by atoms with Crippen LogP contribution in [0.2, 0.25) is 0 Å². The Morgan fingerprint density at radius 3 is 2.41 bits per heavy atom. The molecular formula is C14H28N2O. The lowest BCUT2D eigenvalue weighted by Crippen LogP contribution is -2.41. The highest BCUT2D eigenvalue weighted by atomic mass is 16.5. The Morgan fingerprint density at radius 1 is 1.12 bits per heavy atom. The van der Waals surface area contributed by atoms with E-state index < -0.39 is 0 Å². The fourth-order valence-corrected chi connectivity index (χ4v) is 3.28. The van der Waals surface area contributed by atoms with E-state index in [4.69, 9.17) is 4.74 Å². The van der Waals surface area contributed by atoms with Crippen LogP contribution in [0, 0.1) is 5.41 Å². The molecule has 0 radical (unpaired) electrons. The van der Waals surface area contributed by atoms with E-state index in [1.54, 1.807) is 7.11 Å². The molecule has 2 fully saturated rings. The van der Waals surface area contributed by atoms with Crippen LogP contribution in [0.3, 0.4) is 0 Å². The van der Waals surface area contributed by atoms with Crippen LogP contribution in [0.5, 0.6) is 0 Å². The fraction of sp³-hybridized carbons (Fsp3) is 1.00. The third-order valence-electron chi connectivity index (χ3n) is 4.52. The van der Waals surface area contributed by atoms with Gasteiger partial charge in [0.1, 0.15) is 0 Å². The molecule has 2 heterocycles. The van der Waals surface area contributed by atoms with Gasteiger partial charge in [-0.15, -0.1) is 0 Å². The lowest BCUT2D eigenvalue weighted by Gasteiger charge is -2.33. The van der Waals surface area contributed by atoms with Crippen molar-refractivity contribution in [2.75, 3.05) is 46.4 Å². The van der Waals surface area contributed by atoms with Crippen molar-refractivity contribution in [2.24, 2.45) is 5.41 Å². The van der Waals surface area contributed by atoms with Crippen LogP contribution in [0.15, 0.2) is 0 Å². The van der Waals surface area contributed by atoms with E-state index in [1.807, 2.05) is 0 Å². The second-order valence-electron chi connectivity index (χ2n) is 6.86. The van der Waals surface area contributed by atoms with Gasteiger partial charge < -0.3 is 9.64 Å². The van der Waals surface area contributed by atoms with Crippen LogP contribution in [-0.2, 0) is 4.74 Å². The summed E-state index contributed by atoms with van der Waals surface area (Å²) in [5.74, 6) is 0. The van der Waals surface area contributed by atoms with Gasteiger partial charge in [0.25, 0.3) is 0 Å². The molecule has 0 aromatic heterocycles. The first-order chi connectivity index (χ1) is 7.95. The van der Waals surface area contributed by atoms with E-state index in [1.165, 1.54) is 39.0 Å². The van der Waals surface area contributed by atoms with Crippen molar-refractivity contribution in [3.63, 3.8) is 0 Å². The predicted octanol–water partition coefficient (Wildman–Crippen LogP) is 1.83. The van der Waals surface area contributed by atoms with Crippen molar-refractivity contribution in [1.29, 1.82) is 0 Å². The van der Waals surface area contributed by atoms with E-state index in [0.29, 0.717) is 11.0 Å². The standard InChI is InChI=1S/C14H28N2O/c1-13(2,3)16-8-6-14(12-16)5-7-15(11-14)9-10-17-4/h5-12H2,1-4H3. The Morgan fingerprint density at radius 2 is 1.82 bits per heavy atom. The molecule has 0 amide bonds. The quantitative estimate of drug-likeness (QED) is 0.748. The molecule has 0 bridgehead atoms. The lowest BCUT2D eigenvalue weighted by atomic mass is 9.86. The van der Waals surface area contributed by atoms with Crippen LogP contribution in [0.25, 0.3) is 0 Å². The molecule has 100 valence electrons. The third-order valence-corrected chi connectivity index (χ3v) is 4.52.